The number of hydrogen-bond acceptors (Lipinski definition) is 4. The molecule has 3 heterocycles. The highest BCUT2D eigenvalue weighted by Crippen LogP contribution is 2.35. The van der Waals surface area contributed by atoms with Gasteiger partial charge in [0.1, 0.15) is 5.76 Å². The molecule has 1 N–H and O–H groups in total. The number of anilines is 1. The molecule has 0 radical (unpaired) electrons. The normalized spacial score (nSPS) is 14.8. The number of thiazole rings is 1. The Balaban J connectivity index is 1.54. The van der Waals surface area contributed by atoms with Crippen LogP contribution in [0.25, 0.3) is 32.6 Å². The number of hydrogen-bond donors (Lipinski definition) is 1. The summed E-state index contributed by atoms with van der Waals surface area (Å²) in [6.07, 6.45) is 1.79. The monoisotopic (exact) mass is 358 g/mol. The average Bonchev–Trinajstić information content (AvgIpc) is 3.33. The molecule has 2 aromatic carbocycles. The second kappa shape index (κ2) is 5.68. The van der Waals surface area contributed by atoms with Gasteiger partial charge in [0.2, 0.25) is 0 Å². The van der Waals surface area contributed by atoms with Gasteiger partial charge in [-0.25, -0.2) is 4.98 Å². The fourth-order valence-corrected chi connectivity index (χ4v) is 4.04. The molecule has 26 heavy (non-hydrogen) atoms. The SMILES string of the molecule is Cc1ccc2c(c1)/C(=C/c1ccc(-c3nc4ccccc4s3)o1)C(=O)N2. The van der Waals surface area contributed by atoms with Gasteiger partial charge in [-0.3, -0.25) is 4.79 Å². The number of para-hydroxylation sites is 1. The first-order valence-corrected chi connectivity index (χ1v) is 9.09. The summed E-state index contributed by atoms with van der Waals surface area (Å²) in [6, 6.07) is 17.7. The van der Waals surface area contributed by atoms with Crippen LogP contribution in [0.15, 0.2) is 59.0 Å². The van der Waals surface area contributed by atoms with Crippen molar-refractivity contribution < 1.29 is 9.21 Å². The molecule has 4 aromatic rings. The Hall–Kier alpha value is -3.18. The van der Waals surface area contributed by atoms with E-state index in [9.17, 15) is 4.79 Å². The largest absolute Gasteiger partial charge is 0.454 e. The van der Waals surface area contributed by atoms with Gasteiger partial charge in [-0.2, -0.15) is 0 Å². The highest BCUT2D eigenvalue weighted by Gasteiger charge is 2.24. The van der Waals surface area contributed by atoms with Crippen LogP contribution in [0.1, 0.15) is 16.9 Å². The zero-order chi connectivity index (χ0) is 17.7. The van der Waals surface area contributed by atoms with Crippen LogP contribution >= 0.6 is 11.3 Å². The summed E-state index contributed by atoms with van der Waals surface area (Å²) < 4.78 is 7.07. The number of amides is 1. The molecule has 0 spiro atoms. The third kappa shape index (κ3) is 2.45. The predicted octanol–water partition coefficient (Wildman–Crippen LogP) is 5.36. The van der Waals surface area contributed by atoms with E-state index in [1.165, 1.54) is 0 Å². The van der Waals surface area contributed by atoms with Crippen LogP contribution < -0.4 is 5.32 Å². The van der Waals surface area contributed by atoms with Gasteiger partial charge >= 0.3 is 0 Å². The summed E-state index contributed by atoms with van der Waals surface area (Å²) in [5.74, 6) is 1.24. The lowest BCUT2D eigenvalue weighted by molar-refractivity contribution is -0.110. The van der Waals surface area contributed by atoms with Crippen molar-refractivity contribution in [2.45, 2.75) is 6.92 Å². The highest BCUT2D eigenvalue weighted by molar-refractivity contribution is 7.21. The maximum atomic E-state index is 12.3. The lowest BCUT2D eigenvalue weighted by Crippen LogP contribution is -2.03. The minimum atomic E-state index is -0.108. The molecule has 4 nitrogen and oxygen atoms in total. The van der Waals surface area contributed by atoms with E-state index >= 15 is 0 Å². The second-order valence-electron chi connectivity index (χ2n) is 6.25. The smallest absolute Gasteiger partial charge is 0.256 e. The maximum Gasteiger partial charge on any atom is 0.256 e. The van der Waals surface area contributed by atoms with Crippen LogP contribution in [0.4, 0.5) is 5.69 Å². The first-order chi connectivity index (χ1) is 12.7. The lowest BCUT2D eigenvalue weighted by Gasteiger charge is -1.99. The fourth-order valence-electron chi connectivity index (χ4n) is 3.11. The number of nitrogens with one attached hydrogen (secondary N) is 1. The number of aryl methyl sites for hydroxylation is 1. The number of carbonyl (C=O) groups excluding carboxylic acids is 1. The van der Waals surface area contributed by atoms with Gasteiger partial charge in [0, 0.05) is 11.3 Å². The van der Waals surface area contributed by atoms with Gasteiger partial charge in [-0.15, -0.1) is 11.3 Å². The molecule has 0 aliphatic carbocycles. The number of carbonyl (C=O) groups is 1. The third-order valence-corrected chi connectivity index (χ3v) is 5.43. The van der Waals surface area contributed by atoms with E-state index in [0.717, 1.165) is 32.0 Å². The van der Waals surface area contributed by atoms with Crippen molar-refractivity contribution in [2.24, 2.45) is 0 Å². The van der Waals surface area contributed by atoms with Crippen LogP contribution in [0.2, 0.25) is 0 Å². The summed E-state index contributed by atoms with van der Waals surface area (Å²) in [5.41, 5.74) is 4.44. The maximum absolute atomic E-state index is 12.3. The quantitative estimate of drug-likeness (QED) is 0.491. The Bertz CT molecular complexity index is 1170. The number of fused-ring (bicyclic) bond motifs is 2. The molecule has 2 aromatic heterocycles. The minimum Gasteiger partial charge on any atom is -0.454 e. The van der Waals surface area contributed by atoms with Crippen LogP contribution in [0.3, 0.4) is 0 Å². The number of nitrogens with zero attached hydrogens (tertiary/aromatic N) is 1. The van der Waals surface area contributed by atoms with E-state index in [4.69, 9.17) is 4.42 Å². The average molecular weight is 358 g/mol. The van der Waals surface area contributed by atoms with E-state index in [2.05, 4.69) is 10.3 Å². The van der Waals surface area contributed by atoms with E-state index < -0.39 is 0 Å². The van der Waals surface area contributed by atoms with E-state index in [-0.39, 0.29) is 5.91 Å². The minimum absolute atomic E-state index is 0.108. The second-order valence-corrected chi connectivity index (χ2v) is 7.28. The highest BCUT2D eigenvalue weighted by atomic mass is 32.1. The van der Waals surface area contributed by atoms with E-state index in [1.807, 2.05) is 61.5 Å². The molecule has 1 amide bonds. The van der Waals surface area contributed by atoms with Gasteiger partial charge in [-0.1, -0.05) is 23.8 Å². The standard InChI is InChI=1S/C21H14N2O2S/c1-12-6-8-16-14(10-12)15(20(24)22-16)11-13-7-9-18(25-13)21-23-17-4-2-3-5-19(17)26-21/h2-11H,1H3,(H,22,24)/b15-11-. The Morgan fingerprint density at radius 2 is 2.00 bits per heavy atom. The number of rotatable bonds is 2. The molecule has 126 valence electrons. The molecule has 0 saturated heterocycles. The van der Waals surface area contributed by atoms with Crippen molar-refractivity contribution in [1.29, 1.82) is 0 Å². The summed E-state index contributed by atoms with van der Waals surface area (Å²) in [5, 5.41) is 3.73. The molecular formula is C21H14N2O2S. The van der Waals surface area contributed by atoms with Crippen molar-refractivity contribution in [3.63, 3.8) is 0 Å². The number of aromatic nitrogens is 1. The zero-order valence-corrected chi connectivity index (χ0v) is 14.8. The molecule has 5 heteroatoms. The predicted molar refractivity (Wildman–Crippen MR) is 105 cm³/mol. The van der Waals surface area contributed by atoms with Crippen LogP contribution in [-0.2, 0) is 4.79 Å². The summed E-state index contributed by atoms with van der Waals surface area (Å²) in [6.45, 7) is 2.01. The van der Waals surface area contributed by atoms with E-state index in [1.54, 1.807) is 17.4 Å². The Kier molecular flexibility index (Phi) is 3.30. The summed E-state index contributed by atoms with van der Waals surface area (Å²) >= 11 is 1.59. The fraction of sp³-hybridized carbons (Fsp3) is 0.0476. The zero-order valence-electron chi connectivity index (χ0n) is 13.9. The molecule has 1 aliphatic rings. The topological polar surface area (TPSA) is 55.1 Å². The Morgan fingerprint density at radius 3 is 2.88 bits per heavy atom. The van der Waals surface area contributed by atoms with Crippen molar-refractivity contribution in [3.05, 3.63) is 71.5 Å². The molecule has 0 atom stereocenters. The first-order valence-electron chi connectivity index (χ1n) is 8.27. The van der Waals surface area contributed by atoms with Gasteiger partial charge < -0.3 is 9.73 Å². The molecule has 0 unspecified atom stereocenters. The van der Waals surface area contributed by atoms with Crippen LogP contribution in [0.5, 0.6) is 0 Å². The summed E-state index contributed by atoms with van der Waals surface area (Å²) in [4.78, 5) is 16.9. The Morgan fingerprint density at radius 1 is 1.12 bits per heavy atom. The van der Waals surface area contributed by atoms with Crippen molar-refractivity contribution >= 4 is 44.8 Å². The molecule has 5 rings (SSSR count). The van der Waals surface area contributed by atoms with E-state index in [0.29, 0.717) is 17.1 Å². The number of benzene rings is 2. The van der Waals surface area contributed by atoms with Gasteiger partial charge in [0.15, 0.2) is 10.8 Å². The summed E-state index contributed by atoms with van der Waals surface area (Å²) in [7, 11) is 0. The molecular weight excluding hydrogens is 344 g/mol. The third-order valence-electron chi connectivity index (χ3n) is 4.38. The first kappa shape index (κ1) is 15.1. The molecule has 0 fully saturated rings. The van der Waals surface area contributed by atoms with Crippen LogP contribution in [0, 0.1) is 6.92 Å². The molecule has 0 bridgehead atoms. The van der Waals surface area contributed by atoms with Crippen molar-refractivity contribution in [2.75, 3.05) is 5.32 Å². The Labute approximate surface area is 153 Å². The van der Waals surface area contributed by atoms with Crippen molar-refractivity contribution in [3.8, 4) is 10.8 Å². The molecule has 1 aliphatic heterocycles. The van der Waals surface area contributed by atoms with Gasteiger partial charge in [0.25, 0.3) is 5.91 Å². The van der Waals surface area contributed by atoms with Crippen LogP contribution in [-0.4, -0.2) is 10.9 Å². The van der Waals surface area contributed by atoms with Gasteiger partial charge in [0.05, 0.1) is 15.8 Å². The van der Waals surface area contributed by atoms with Gasteiger partial charge in [-0.05, 0) is 49.4 Å². The molecule has 0 saturated carbocycles. The number of furan rings is 1. The lowest BCUT2D eigenvalue weighted by atomic mass is 10.0. The van der Waals surface area contributed by atoms with Crippen molar-refractivity contribution in [1.82, 2.24) is 4.98 Å².